The number of imide groups is 1. The number of likely N-dealkylation sites (tertiary alicyclic amines) is 1. The molecular formula is C42H57N7O6. The molecule has 0 saturated carbocycles. The largest absolute Gasteiger partial charge is 0.466 e. The van der Waals surface area contributed by atoms with E-state index in [-0.39, 0.29) is 24.0 Å². The summed E-state index contributed by atoms with van der Waals surface area (Å²) >= 11 is 0. The first-order valence-electron chi connectivity index (χ1n) is 19.7. The van der Waals surface area contributed by atoms with Gasteiger partial charge in [-0.1, -0.05) is 24.3 Å². The van der Waals surface area contributed by atoms with Gasteiger partial charge in [0.25, 0.3) is 0 Å². The molecule has 4 amide bonds. The Morgan fingerprint density at radius 2 is 1.47 bits per heavy atom. The van der Waals surface area contributed by atoms with Crippen molar-refractivity contribution >= 4 is 57.2 Å². The predicted octanol–water partition coefficient (Wildman–Crippen LogP) is 6.75. The van der Waals surface area contributed by atoms with Crippen LogP contribution in [-0.2, 0) is 33.2 Å². The van der Waals surface area contributed by atoms with Crippen molar-refractivity contribution in [3.63, 3.8) is 0 Å². The molecule has 3 fully saturated rings. The summed E-state index contributed by atoms with van der Waals surface area (Å²) < 4.78 is 14.8. The van der Waals surface area contributed by atoms with Crippen LogP contribution in [0.5, 0.6) is 0 Å². The van der Waals surface area contributed by atoms with E-state index in [1.807, 2.05) is 63.9 Å². The summed E-state index contributed by atoms with van der Waals surface area (Å²) in [6.07, 6.45) is 8.98. The summed E-state index contributed by atoms with van der Waals surface area (Å²) in [6.45, 7) is 12.4. The molecule has 0 atom stereocenters. The molecule has 3 saturated heterocycles. The van der Waals surface area contributed by atoms with Gasteiger partial charge >= 0.3 is 18.1 Å². The van der Waals surface area contributed by atoms with E-state index in [0.717, 1.165) is 61.2 Å². The second kappa shape index (κ2) is 17.2. The molecule has 5 heterocycles. The van der Waals surface area contributed by atoms with Gasteiger partial charge < -0.3 is 34.1 Å². The maximum atomic E-state index is 12.4. The zero-order valence-electron chi connectivity index (χ0n) is 33.2. The number of hydrogen-bond donors (Lipinski definition) is 3. The lowest BCUT2D eigenvalue weighted by atomic mass is 9.89. The number of aryl methyl sites for hydroxylation is 2. The number of aromatic nitrogens is 2. The van der Waals surface area contributed by atoms with Crippen molar-refractivity contribution in [3.8, 4) is 0 Å². The van der Waals surface area contributed by atoms with E-state index in [1.54, 1.807) is 4.90 Å². The van der Waals surface area contributed by atoms with Crippen LogP contribution in [0.2, 0.25) is 0 Å². The van der Waals surface area contributed by atoms with E-state index in [2.05, 4.69) is 56.7 Å². The third kappa shape index (κ3) is 9.26. The Kier molecular flexibility index (Phi) is 12.4. The first kappa shape index (κ1) is 39.6. The second-order valence-electron chi connectivity index (χ2n) is 15.8. The van der Waals surface area contributed by atoms with Crippen LogP contribution in [0.4, 0.5) is 21.0 Å². The molecule has 13 heteroatoms. The summed E-state index contributed by atoms with van der Waals surface area (Å²) in [4.78, 5) is 51.1. The number of nitrogens with zero attached hydrogens (tertiary/aromatic N) is 4. The molecule has 0 unspecified atom stereocenters. The third-order valence-corrected chi connectivity index (χ3v) is 10.7. The standard InChI is InChI=1S/C24H35N3O4.C18H22N4O2/c1-6-30-21(28)10-13-25-20-9-7-8-18-19(16-26(5)22(18)20)17-11-14-27(15-12-17)23(29)31-24(2,3)4;1-21-11-14(12-5-8-19-9-6-12)13-3-2-4-15(17(13)21)22-10-7-16(23)20-18(22)24/h7-9,16-17,25H,6,10-15H2,1-5H3;2-4,11-12,19H,5-10H2,1H3,(H,20,23,24). The molecule has 7 rings (SSSR count). The highest BCUT2D eigenvalue weighted by molar-refractivity contribution is 6.09. The molecule has 0 bridgehead atoms. The number of rotatable bonds is 8. The van der Waals surface area contributed by atoms with Crippen molar-refractivity contribution < 1.29 is 28.7 Å². The number of piperidine rings is 2. The minimum Gasteiger partial charge on any atom is -0.466 e. The normalized spacial score (nSPS) is 17.2. The van der Waals surface area contributed by atoms with Gasteiger partial charge in [0.1, 0.15) is 5.60 Å². The number of nitrogens with one attached hydrogen (secondary N) is 3. The Labute approximate surface area is 323 Å². The van der Waals surface area contributed by atoms with Gasteiger partial charge in [-0.25, -0.2) is 9.59 Å². The molecule has 2 aromatic heterocycles. The summed E-state index contributed by atoms with van der Waals surface area (Å²) in [7, 11) is 4.08. The zero-order valence-corrected chi connectivity index (χ0v) is 33.2. The number of esters is 1. The first-order chi connectivity index (χ1) is 26.3. The topological polar surface area (TPSA) is 139 Å². The Hall–Kier alpha value is -5.04. The van der Waals surface area contributed by atoms with E-state index in [1.165, 1.54) is 21.9 Å². The molecule has 296 valence electrons. The lowest BCUT2D eigenvalue weighted by Crippen LogP contribution is -2.49. The average molecular weight is 756 g/mol. The monoisotopic (exact) mass is 755 g/mol. The highest BCUT2D eigenvalue weighted by Crippen LogP contribution is 2.38. The SMILES string of the molecule is CCOC(=O)CCNc1cccc2c(C3CCN(C(=O)OC(C)(C)C)CC3)cn(C)c12.Cn1cc(C2CCNCC2)c2cccc(N3CCC(=O)NC3=O)c21. The van der Waals surface area contributed by atoms with Crippen LogP contribution in [0.3, 0.4) is 0 Å². The molecule has 3 aliphatic rings. The molecule has 3 aliphatic heterocycles. The second-order valence-corrected chi connectivity index (χ2v) is 15.8. The average Bonchev–Trinajstić information content (AvgIpc) is 3.68. The minimum absolute atomic E-state index is 0.188. The summed E-state index contributed by atoms with van der Waals surface area (Å²) in [6, 6.07) is 12.0. The van der Waals surface area contributed by atoms with Crippen LogP contribution >= 0.6 is 0 Å². The Bertz CT molecular complexity index is 2010. The lowest BCUT2D eigenvalue weighted by molar-refractivity contribution is -0.142. The lowest BCUT2D eigenvalue weighted by Gasteiger charge is -2.33. The quantitative estimate of drug-likeness (QED) is 0.168. The van der Waals surface area contributed by atoms with Crippen molar-refractivity contribution in [2.45, 2.75) is 83.7 Å². The summed E-state index contributed by atoms with van der Waals surface area (Å²) in [5, 5.41) is 11.6. The van der Waals surface area contributed by atoms with Crippen LogP contribution in [0.1, 0.15) is 89.2 Å². The van der Waals surface area contributed by atoms with Crippen molar-refractivity contribution in [1.29, 1.82) is 0 Å². The molecule has 4 aromatic rings. The molecule has 2 aromatic carbocycles. The molecular weight excluding hydrogens is 699 g/mol. The van der Waals surface area contributed by atoms with Crippen LogP contribution in [0.25, 0.3) is 21.8 Å². The van der Waals surface area contributed by atoms with Gasteiger partial charge in [-0.05, 0) is 102 Å². The first-order valence-corrected chi connectivity index (χ1v) is 19.7. The maximum Gasteiger partial charge on any atom is 0.410 e. The smallest absolute Gasteiger partial charge is 0.410 e. The molecule has 3 N–H and O–H groups in total. The van der Waals surface area contributed by atoms with Gasteiger partial charge in [0.2, 0.25) is 5.91 Å². The van der Waals surface area contributed by atoms with Crippen molar-refractivity contribution in [2.75, 3.05) is 56.1 Å². The van der Waals surface area contributed by atoms with E-state index in [9.17, 15) is 19.2 Å². The van der Waals surface area contributed by atoms with Crippen LogP contribution in [0.15, 0.2) is 48.8 Å². The van der Waals surface area contributed by atoms with E-state index < -0.39 is 5.60 Å². The van der Waals surface area contributed by atoms with Gasteiger partial charge in [0.05, 0.1) is 35.4 Å². The fourth-order valence-electron chi connectivity index (χ4n) is 8.15. The zero-order chi connectivity index (χ0) is 39.3. The number of carbonyl (C=O) groups excluding carboxylic acids is 4. The van der Waals surface area contributed by atoms with Gasteiger partial charge in [0.15, 0.2) is 0 Å². The van der Waals surface area contributed by atoms with Gasteiger partial charge in [-0.2, -0.15) is 0 Å². The number of hydrogen-bond acceptors (Lipinski definition) is 8. The molecule has 55 heavy (non-hydrogen) atoms. The number of urea groups is 1. The van der Waals surface area contributed by atoms with Gasteiger partial charge in [0, 0.05) is 69.9 Å². The Morgan fingerprint density at radius 3 is 2.11 bits per heavy atom. The van der Waals surface area contributed by atoms with Gasteiger partial charge in [-0.15, -0.1) is 0 Å². The Balaban J connectivity index is 0.000000193. The third-order valence-electron chi connectivity index (χ3n) is 10.7. The molecule has 13 nitrogen and oxygen atoms in total. The Morgan fingerprint density at radius 1 is 0.855 bits per heavy atom. The predicted molar refractivity (Wildman–Crippen MR) is 216 cm³/mol. The van der Waals surface area contributed by atoms with Crippen LogP contribution in [-0.4, -0.2) is 89.5 Å². The number of fused-ring (bicyclic) bond motifs is 2. The number of ether oxygens (including phenoxy) is 2. The minimum atomic E-state index is -0.472. The maximum absolute atomic E-state index is 12.4. The van der Waals surface area contributed by atoms with Crippen LogP contribution < -0.4 is 20.9 Å². The molecule has 0 aliphatic carbocycles. The summed E-state index contributed by atoms with van der Waals surface area (Å²) in [5.41, 5.74) is 6.30. The fraction of sp³-hybridized carbons (Fsp3) is 0.524. The van der Waals surface area contributed by atoms with E-state index in [0.29, 0.717) is 57.5 Å². The van der Waals surface area contributed by atoms with Crippen LogP contribution in [0, 0.1) is 0 Å². The van der Waals surface area contributed by atoms with E-state index >= 15 is 0 Å². The van der Waals surface area contributed by atoms with Gasteiger partial charge in [-0.3, -0.25) is 19.8 Å². The molecule has 0 spiro atoms. The summed E-state index contributed by atoms with van der Waals surface area (Å²) in [5.74, 6) is 0.566. The highest BCUT2D eigenvalue weighted by Gasteiger charge is 2.30. The number of benzene rings is 2. The van der Waals surface area contributed by atoms with Crippen molar-refractivity contribution in [1.82, 2.24) is 24.7 Å². The fourth-order valence-corrected chi connectivity index (χ4v) is 8.15. The number of para-hydroxylation sites is 2. The van der Waals surface area contributed by atoms with E-state index in [4.69, 9.17) is 9.47 Å². The van der Waals surface area contributed by atoms with Crippen molar-refractivity contribution in [2.24, 2.45) is 14.1 Å². The van der Waals surface area contributed by atoms with Crippen molar-refractivity contribution in [3.05, 3.63) is 59.9 Å². The highest BCUT2D eigenvalue weighted by atomic mass is 16.6. The number of anilines is 2. The molecule has 0 radical (unpaired) electrons. The number of amides is 4. The number of carbonyl (C=O) groups is 4.